The Morgan fingerprint density at radius 2 is 2.12 bits per heavy atom. The number of amides is 1. The number of hydrogen-bond donors (Lipinski definition) is 1. The molecule has 0 fully saturated rings. The second-order valence-electron chi connectivity index (χ2n) is 5.72. The summed E-state index contributed by atoms with van der Waals surface area (Å²) < 4.78 is 8.64. The van der Waals surface area contributed by atoms with Gasteiger partial charge in [0.2, 0.25) is 5.91 Å². The minimum Gasteiger partial charge on any atom is -0.382 e. The van der Waals surface area contributed by atoms with E-state index in [1.54, 1.807) is 16.8 Å². The van der Waals surface area contributed by atoms with E-state index in [0.717, 1.165) is 11.9 Å². The van der Waals surface area contributed by atoms with Crippen molar-refractivity contribution in [3.05, 3.63) is 47.0 Å². The van der Waals surface area contributed by atoms with Crippen molar-refractivity contribution in [1.29, 1.82) is 0 Å². The van der Waals surface area contributed by atoms with E-state index in [1.807, 2.05) is 35.7 Å². The molecule has 0 saturated heterocycles. The van der Waals surface area contributed by atoms with Crippen LogP contribution in [0.25, 0.3) is 16.7 Å². The van der Waals surface area contributed by atoms with Crippen molar-refractivity contribution < 1.29 is 9.53 Å². The first-order chi connectivity index (χ1) is 12.2. The molecule has 0 aliphatic heterocycles. The zero-order valence-corrected chi connectivity index (χ0v) is 14.3. The van der Waals surface area contributed by atoms with E-state index in [-0.39, 0.29) is 17.9 Å². The van der Waals surface area contributed by atoms with Gasteiger partial charge >= 0.3 is 0 Å². The maximum atomic E-state index is 12.7. The lowest BCUT2D eigenvalue weighted by molar-refractivity contribution is -0.121. The average molecular weight is 342 g/mol. The van der Waals surface area contributed by atoms with Gasteiger partial charge in [-0.15, -0.1) is 0 Å². The van der Waals surface area contributed by atoms with Gasteiger partial charge in [0.1, 0.15) is 5.52 Å². The molecule has 0 radical (unpaired) electrons. The van der Waals surface area contributed by atoms with Gasteiger partial charge in [-0.25, -0.2) is 4.98 Å². The molecule has 7 nitrogen and oxygen atoms in total. The number of fused-ring (bicyclic) bond motifs is 3. The molecule has 0 spiro atoms. The molecule has 0 aliphatic rings. The molecule has 0 saturated carbocycles. The molecule has 0 aromatic carbocycles. The second kappa shape index (κ2) is 7.94. The molecule has 0 unspecified atom stereocenters. The Hall–Kier alpha value is -2.67. The number of carbonyl (C=O) groups is 1. The summed E-state index contributed by atoms with van der Waals surface area (Å²) in [6, 6.07) is 7.36. The van der Waals surface area contributed by atoms with Crippen LogP contribution in [0, 0.1) is 0 Å². The highest BCUT2D eigenvalue weighted by Crippen LogP contribution is 2.13. The number of aromatic nitrogens is 3. The molecule has 1 N–H and O–H groups in total. The third kappa shape index (κ3) is 3.71. The molecule has 132 valence electrons. The molecular formula is C18H22N4O3. The summed E-state index contributed by atoms with van der Waals surface area (Å²) in [5, 5.41) is 2.85. The van der Waals surface area contributed by atoms with E-state index in [9.17, 15) is 9.59 Å². The highest BCUT2D eigenvalue weighted by atomic mass is 16.5. The van der Waals surface area contributed by atoms with Crippen LogP contribution >= 0.6 is 0 Å². The zero-order valence-electron chi connectivity index (χ0n) is 14.3. The highest BCUT2D eigenvalue weighted by molar-refractivity contribution is 5.77. The van der Waals surface area contributed by atoms with Crippen LogP contribution in [0.15, 0.2) is 41.5 Å². The number of ether oxygens (including phenoxy) is 1. The van der Waals surface area contributed by atoms with Gasteiger partial charge in [-0.3, -0.25) is 14.2 Å². The molecule has 3 aromatic rings. The normalized spacial score (nSPS) is 11.2. The summed E-state index contributed by atoms with van der Waals surface area (Å²) in [6.07, 6.45) is 4.51. The van der Waals surface area contributed by atoms with Gasteiger partial charge in [0.25, 0.3) is 5.56 Å². The number of nitrogens with one attached hydrogen (secondary N) is 1. The van der Waals surface area contributed by atoms with Gasteiger partial charge < -0.3 is 14.5 Å². The molecule has 25 heavy (non-hydrogen) atoms. The average Bonchev–Trinajstić information content (AvgIpc) is 3.12. The zero-order chi connectivity index (χ0) is 17.6. The fraction of sp³-hybridized carbons (Fsp3) is 0.389. The minimum absolute atomic E-state index is 0.0808. The third-order valence-corrected chi connectivity index (χ3v) is 4.05. The van der Waals surface area contributed by atoms with Crippen LogP contribution in [0.4, 0.5) is 0 Å². The Morgan fingerprint density at radius 3 is 2.96 bits per heavy atom. The molecular weight excluding hydrogens is 320 g/mol. The molecule has 0 atom stereocenters. The Kier molecular flexibility index (Phi) is 5.45. The van der Waals surface area contributed by atoms with Gasteiger partial charge in [0, 0.05) is 45.1 Å². The number of carbonyl (C=O) groups excluding carboxylic acids is 1. The molecule has 3 aromatic heterocycles. The number of aryl methyl sites for hydroxylation is 1. The highest BCUT2D eigenvalue weighted by Gasteiger charge is 2.12. The maximum absolute atomic E-state index is 12.7. The molecule has 7 heteroatoms. The minimum atomic E-state index is -0.139. The van der Waals surface area contributed by atoms with Crippen molar-refractivity contribution >= 4 is 22.6 Å². The molecule has 0 bridgehead atoms. The van der Waals surface area contributed by atoms with Gasteiger partial charge in [0.05, 0.1) is 5.52 Å². The topological polar surface area (TPSA) is 77.6 Å². The van der Waals surface area contributed by atoms with Crippen LogP contribution < -0.4 is 10.9 Å². The van der Waals surface area contributed by atoms with Gasteiger partial charge in [0.15, 0.2) is 5.65 Å². The lowest BCUT2D eigenvalue weighted by atomic mass is 10.3. The third-order valence-electron chi connectivity index (χ3n) is 4.05. The number of hydrogen-bond acceptors (Lipinski definition) is 4. The van der Waals surface area contributed by atoms with Crippen LogP contribution in [0.1, 0.15) is 19.8 Å². The first-order valence-electron chi connectivity index (χ1n) is 8.51. The second-order valence-corrected chi connectivity index (χ2v) is 5.72. The van der Waals surface area contributed by atoms with E-state index in [4.69, 9.17) is 4.74 Å². The van der Waals surface area contributed by atoms with Crippen molar-refractivity contribution in [1.82, 2.24) is 19.3 Å². The Morgan fingerprint density at radius 1 is 1.28 bits per heavy atom. The fourth-order valence-corrected chi connectivity index (χ4v) is 2.84. The number of pyridine rings is 1. The Balaban J connectivity index is 1.73. The predicted molar refractivity (Wildman–Crippen MR) is 95.7 cm³/mol. The monoisotopic (exact) mass is 342 g/mol. The van der Waals surface area contributed by atoms with E-state index in [2.05, 4.69) is 10.3 Å². The van der Waals surface area contributed by atoms with Crippen LogP contribution in [0.3, 0.4) is 0 Å². The summed E-state index contributed by atoms with van der Waals surface area (Å²) in [5.41, 5.74) is 1.87. The van der Waals surface area contributed by atoms with Gasteiger partial charge in [-0.2, -0.15) is 0 Å². The van der Waals surface area contributed by atoms with Crippen LogP contribution in [-0.2, 0) is 16.1 Å². The SMILES string of the molecule is CCOCCCNC(=O)CCn1c(=O)c2cccn2c2cccnc21. The molecule has 3 heterocycles. The van der Waals surface area contributed by atoms with E-state index >= 15 is 0 Å². The van der Waals surface area contributed by atoms with Crippen LogP contribution in [-0.4, -0.2) is 39.6 Å². The van der Waals surface area contributed by atoms with Gasteiger partial charge in [-0.1, -0.05) is 0 Å². The summed E-state index contributed by atoms with van der Waals surface area (Å²) in [6.45, 7) is 4.13. The summed E-state index contributed by atoms with van der Waals surface area (Å²) >= 11 is 0. The summed E-state index contributed by atoms with van der Waals surface area (Å²) in [4.78, 5) is 29.1. The molecule has 3 rings (SSSR count). The van der Waals surface area contributed by atoms with Gasteiger partial charge in [-0.05, 0) is 37.6 Å². The Bertz CT molecular complexity index is 929. The summed E-state index contributed by atoms with van der Waals surface area (Å²) in [7, 11) is 0. The van der Waals surface area contributed by atoms with Crippen LogP contribution in [0.2, 0.25) is 0 Å². The quantitative estimate of drug-likeness (QED) is 0.631. The van der Waals surface area contributed by atoms with E-state index in [1.165, 1.54) is 0 Å². The molecule has 1 amide bonds. The smallest absolute Gasteiger partial charge is 0.276 e. The van der Waals surface area contributed by atoms with E-state index in [0.29, 0.717) is 37.5 Å². The number of nitrogens with zero attached hydrogens (tertiary/aromatic N) is 3. The lowest BCUT2D eigenvalue weighted by Crippen LogP contribution is -2.29. The first-order valence-corrected chi connectivity index (χ1v) is 8.51. The lowest BCUT2D eigenvalue weighted by Gasteiger charge is -2.11. The predicted octanol–water partition coefficient (Wildman–Crippen LogP) is 1.58. The first kappa shape index (κ1) is 17.2. The molecule has 0 aliphatic carbocycles. The van der Waals surface area contributed by atoms with Crippen molar-refractivity contribution in [3.63, 3.8) is 0 Å². The fourth-order valence-electron chi connectivity index (χ4n) is 2.84. The van der Waals surface area contributed by atoms with Crippen molar-refractivity contribution in [2.24, 2.45) is 0 Å². The Labute approximate surface area is 145 Å². The van der Waals surface area contributed by atoms with Crippen molar-refractivity contribution in [3.8, 4) is 0 Å². The maximum Gasteiger partial charge on any atom is 0.276 e. The summed E-state index contributed by atoms with van der Waals surface area (Å²) in [5.74, 6) is -0.0808. The van der Waals surface area contributed by atoms with E-state index < -0.39 is 0 Å². The van der Waals surface area contributed by atoms with Crippen molar-refractivity contribution in [2.75, 3.05) is 19.8 Å². The van der Waals surface area contributed by atoms with Crippen molar-refractivity contribution in [2.45, 2.75) is 26.3 Å². The van der Waals surface area contributed by atoms with Crippen LogP contribution in [0.5, 0.6) is 0 Å². The standard InChI is InChI=1S/C18H22N4O3/c1-2-25-13-5-10-19-16(23)8-12-22-17-14(6-3-9-20-17)21-11-4-7-15(21)18(22)24/h3-4,6-7,9,11H,2,5,8,10,12-13H2,1H3,(H,19,23). The largest absolute Gasteiger partial charge is 0.382 e. The number of rotatable bonds is 8.